The number of aliphatic hydroxyl groups excluding tert-OH is 1. The average molecular weight is 545 g/mol. The van der Waals surface area contributed by atoms with Crippen LogP contribution in [0.25, 0.3) is 33.4 Å². The molecule has 198 valence electrons. The molecule has 0 radical (unpaired) electrons. The number of aromatic nitrogens is 3. The van der Waals surface area contributed by atoms with Gasteiger partial charge in [-0.2, -0.15) is 22.5 Å². The highest BCUT2D eigenvalue weighted by Crippen LogP contribution is 2.45. The summed E-state index contributed by atoms with van der Waals surface area (Å²) in [6.07, 6.45) is -4.13. The molecule has 1 saturated heterocycles. The van der Waals surface area contributed by atoms with Gasteiger partial charge in [0.1, 0.15) is 10.4 Å². The lowest BCUT2D eigenvalue weighted by atomic mass is 9.97. The number of aliphatic hydroxyl groups is 1. The summed E-state index contributed by atoms with van der Waals surface area (Å²) in [4.78, 5) is 17.2. The number of halogens is 3. The average Bonchev–Trinajstić information content (AvgIpc) is 3.57. The highest BCUT2D eigenvalue weighted by atomic mass is 32.1. The van der Waals surface area contributed by atoms with Crippen molar-refractivity contribution in [3.8, 4) is 33.4 Å². The monoisotopic (exact) mass is 544 g/mol. The second-order valence-corrected chi connectivity index (χ2v) is 9.87. The molecule has 2 aromatic heterocycles. The molecule has 2 N–H and O–H groups in total. The number of hydrogen-bond donors (Lipinski definition) is 2. The minimum Gasteiger partial charge on any atom is -0.481 e. The molecule has 12 heteroatoms. The first-order valence-corrected chi connectivity index (χ1v) is 12.7. The largest absolute Gasteiger partial charge is 0.481 e. The zero-order chi connectivity index (χ0) is 26.9. The molecule has 0 unspecified atom stereocenters. The molecule has 38 heavy (non-hydrogen) atoms. The van der Waals surface area contributed by atoms with Crippen LogP contribution in [0.5, 0.6) is 0 Å². The molecule has 5 rings (SSSR count). The summed E-state index contributed by atoms with van der Waals surface area (Å²) >= 11 is 0.643. The van der Waals surface area contributed by atoms with Crippen molar-refractivity contribution < 1.29 is 32.7 Å². The maximum Gasteiger partial charge on any atom is 0.420 e. The Hall–Kier alpha value is -3.61. The van der Waals surface area contributed by atoms with Crippen LogP contribution in [0, 0.1) is 5.92 Å². The molecule has 2 atom stereocenters. The minimum absolute atomic E-state index is 0.101. The maximum absolute atomic E-state index is 14.0. The van der Waals surface area contributed by atoms with E-state index in [9.17, 15) is 28.2 Å². The zero-order valence-electron chi connectivity index (χ0n) is 19.9. The van der Waals surface area contributed by atoms with Crippen molar-refractivity contribution >= 4 is 17.5 Å². The van der Waals surface area contributed by atoms with E-state index in [4.69, 9.17) is 4.52 Å². The van der Waals surface area contributed by atoms with Gasteiger partial charge >= 0.3 is 12.1 Å². The Kier molecular flexibility index (Phi) is 7.28. The van der Waals surface area contributed by atoms with Gasteiger partial charge < -0.3 is 14.7 Å². The van der Waals surface area contributed by atoms with Gasteiger partial charge in [0.05, 0.1) is 17.7 Å². The highest BCUT2D eigenvalue weighted by Gasteiger charge is 2.41. The predicted octanol–water partition coefficient (Wildman–Crippen LogP) is 5.38. The second kappa shape index (κ2) is 10.6. The summed E-state index contributed by atoms with van der Waals surface area (Å²) in [5.74, 6) is -1.45. The fourth-order valence-corrected chi connectivity index (χ4v) is 5.40. The van der Waals surface area contributed by atoms with Crippen molar-refractivity contribution in [1.82, 2.24) is 19.4 Å². The molecule has 1 aliphatic rings. The number of aliphatic carboxylic acids is 1. The number of nitrogens with zero attached hydrogens (tertiary/aromatic N) is 4. The van der Waals surface area contributed by atoms with Gasteiger partial charge in [-0.3, -0.25) is 9.69 Å². The normalized spacial score (nSPS) is 17.4. The molecule has 0 amide bonds. The molecule has 1 aliphatic heterocycles. The van der Waals surface area contributed by atoms with Crippen LogP contribution in [0.3, 0.4) is 0 Å². The van der Waals surface area contributed by atoms with E-state index in [0.717, 1.165) is 6.42 Å². The molecule has 0 aliphatic carbocycles. The van der Waals surface area contributed by atoms with E-state index in [1.165, 1.54) is 0 Å². The van der Waals surface area contributed by atoms with Crippen LogP contribution in [0.15, 0.2) is 59.1 Å². The first kappa shape index (κ1) is 26.0. The summed E-state index contributed by atoms with van der Waals surface area (Å²) in [6.45, 7) is 1.40. The topological polar surface area (TPSA) is 113 Å². The third-order valence-corrected chi connectivity index (χ3v) is 7.32. The van der Waals surface area contributed by atoms with Crippen molar-refractivity contribution in [1.29, 1.82) is 0 Å². The number of benzene rings is 2. The third-order valence-electron chi connectivity index (χ3n) is 6.48. The number of alkyl halides is 3. The molecule has 0 saturated carbocycles. The number of hydrogen-bond acceptors (Lipinski definition) is 8. The summed E-state index contributed by atoms with van der Waals surface area (Å²) in [5.41, 5.74) is 0.328. The quantitative estimate of drug-likeness (QED) is 0.319. The number of likely N-dealkylation sites (tertiary alicyclic amines) is 1. The molecule has 4 aromatic rings. The maximum atomic E-state index is 14.0. The van der Waals surface area contributed by atoms with E-state index >= 15 is 0 Å². The fraction of sp³-hybridized carbons (Fsp3) is 0.308. The smallest absolute Gasteiger partial charge is 0.420 e. The van der Waals surface area contributed by atoms with Crippen molar-refractivity contribution in [3.63, 3.8) is 0 Å². The lowest BCUT2D eigenvalue weighted by molar-refractivity contribution is -0.143. The zero-order valence-corrected chi connectivity index (χ0v) is 20.7. The van der Waals surface area contributed by atoms with Crippen LogP contribution in [0.2, 0.25) is 0 Å². The minimum atomic E-state index is -4.68. The molecular weight excluding hydrogens is 521 g/mol. The van der Waals surface area contributed by atoms with Crippen LogP contribution >= 0.6 is 11.5 Å². The number of β-amino-alcohol motifs (C(OH)–C–C–N with tert-alkyl or cyclic N) is 1. The Balaban J connectivity index is 1.34. The van der Waals surface area contributed by atoms with Gasteiger partial charge in [-0.15, -0.1) is 0 Å². The SMILES string of the molecule is O=C(O)[C@H]1CCCN(C[C@H](O)c2ccc(-c3noc(-c4snc(-c5ccccc5)c4C(F)(F)F)n3)cc2)C1. The number of rotatable bonds is 7. The van der Waals surface area contributed by atoms with Crippen LogP contribution in [0.4, 0.5) is 13.2 Å². The molecule has 8 nitrogen and oxygen atoms in total. The first-order chi connectivity index (χ1) is 18.2. The van der Waals surface area contributed by atoms with Gasteiger partial charge in [0.15, 0.2) is 0 Å². The number of piperidine rings is 1. The molecule has 1 fully saturated rings. The Labute approximate surface area is 219 Å². The Bertz CT molecular complexity index is 1410. The van der Waals surface area contributed by atoms with Gasteiger partial charge in [0, 0.05) is 24.2 Å². The summed E-state index contributed by atoms with van der Waals surface area (Å²) in [7, 11) is 0. The van der Waals surface area contributed by atoms with Crippen molar-refractivity contribution in [3.05, 3.63) is 65.7 Å². The lowest BCUT2D eigenvalue weighted by Gasteiger charge is -2.32. The Morgan fingerprint density at radius 3 is 2.55 bits per heavy atom. The van der Waals surface area contributed by atoms with E-state index in [1.807, 2.05) is 4.90 Å². The summed E-state index contributed by atoms with van der Waals surface area (Å²) in [6, 6.07) is 14.7. The summed E-state index contributed by atoms with van der Waals surface area (Å²) in [5, 5.41) is 23.8. The van der Waals surface area contributed by atoms with E-state index in [1.54, 1.807) is 54.6 Å². The molecular formula is C26H23F3N4O4S. The van der Waals surface area contributed by atoms with Gasteiger partial charge in [-0.25, -0.2) is 0 Å². The molecule has 0 bridgehead atoms. The van der Waals surface area contributed by atoms with E-state index < -0.39 is 29.7 Å². The van der Waals surface area contributed by atoms with Gasteiger partial charge in [-0.1, -0.05) is 59.8 Å². The Morgan fingerprint density at radius 1 is 1.13 bits per heavy atom. The molecule has 0 spiro atoms. The van der Waals surface area contributed by atoms with E-state index in [0.29, 0.717) is 54.3 Å². The van der Waals surface area contributed by atoms with Crippen molar-refractivity contribution in [2.75, 3.05) is 19.6 Å². The Morgan fingerprint density at radius 2 is 1.87 bits per heavy atom. The highest BCUT2D eigenvalue weighted by molar-refractivity contribution is 7.10. The van der Waals surface area contributed by atoms with Gasteiger partial charge in [0.25, 0.3) is 5.89 Å². The second-order valence-electron chi connectivity index (χ2n) is 9.10. The van der Waals surface area contributed by atoms with Gasteiger partial charge in [0.2, 0.25) is 5.82 Å². The van der Waals surface area contributed by atoms with Crippen LogP contribution in [-0.2, 0) is 11.0 Å². The predicted molar refractivity (Wildman–Crippen MR) is 133 cm³/mol. The molecule has 2 aromatic carbocycles. The van der Waals surface area contributed by atoms with Crippen molar-refractivity contribution in [2.24, 2.45) is 5.92 Å². The lowest BCUT2D eigenvalue weighted by Crippen LogP contribution is -2.40. The standard InChI is InChI=1S/C26H23F3N4O4S/c27-26(28,29)20-21(16-5-2-1-3-6-16)32-38-22(20)24-30-23(31-37-24)17-10-8-15(9-11-17)19(34)14-33-12-4-7-18(13-33)25(35)36/h1-3,5-6,8-11,18-19,34H,4,7,12-14H2,(H,35,36)/t18-,19-/m0/s1. The van der Waals surface area contributed by atoms with E-state index in [-0.39, 0.29) is 22.3 Å². The fourth-order valence-electron chi connectivity index (χ4n) is 4.55. The van der Waals surface area contributed by atoms with Crippen LogP contribution in [0.1, 0.15) is 30.1 Å². The van der Waals surface area contributed by atoms with Crippen LogP contribution in [-0.4, -0.2) is 55.2 Å². The first-order valence-electron chi connectivity index (χ1n) is 11.9. The summed E-state index contributed by atoms with van der Waals surface area (Å²) < 4.78 is 51.3. The van der Waals surface area contributed by atoms with Gasteiger partial charge in [-0.05, 0) is 36.5 Å². The number of carbonyl (C=O) groups is 1. The number of carboxylic acids is 1. The van der Waals surface area contributed by atoms with Crippen molar-refractivity contribution in [2.45, 2.75) is 25.1 Å². The van der Waals surface area contributed by atoms with E-state index in [2.05, 4.69) is 14.5 Å². The molecule has 3 heterocycles. The third kappa shape index (κ3) is 5.47. The number of carboxylic acid groups (broad SMARTS) is 1. The van der Waals surface area contributed by atoms with Crippen LogP contribution < -0.4 is 0 Å².